The summed E-state index contributed by atoms with van der Waals surface area (Å²) in [5, 5.41) is 10.7. The van der Waals surface area contributed by atoms with E-state index < -0.39 is 0 Å². The number of terminal acetylenes is 1. The summed E-state index contributed by atoms with van der Waals surface area (Å²) in [5.74, 6) is 4.92. The molecule has 4 N–H and O–H groups in total. The van der Waals surface area contributed by atoms with Crippen LogP contribution in [0.1, 0.15) is 19.3 Å². The third-order valence-electron chi connectivity index (χ3n) is 5.48. The smallest absolute Gasteiger partial charge is 0.272 e. The van der Waals surface area contributed by atoms with Crippen LogP contribution in [0.4, 0.5) is 22.3 Å². The van der Waals surface area contributed by atoms with E-state index in [2.05, 4.69) is 31.7 Å². The number of ether oxygens (including phenoxy) is 3. The summed E-state index contributed by atoms with van der Waals surface area (Å²) in [7, 11) is 1.56. The second kappa shape index (κ2) is 11.1. The molecule has 0 aliphatic carbocycles. The summed E-state index contributed by atoms with van der Waals surface area (Å²) in [4.78, 5) is 21.5. The number of rotatable bonds is 9. The summed E-state index contributed by atoms with van der Waals surface area (Å²) in [5.41, 5.74) is 8.16. The number of benzene rings is 2. The number of nitrogen functional groups attached to an aromatic ring is 1. The summed E-state index contributed by atoms with van der Waals surface area (Å²) in [6, 6.07) is 10.8. The molecule has 0 atom stereocenters. The number of nitrogens with two attached hydrogens (primary N) is 1. The molecule has 3 heterocycles. The first-order chi connectivity index (χ1) is 18.5. The van der Waals surface area contributed by atoms with Crippen molar-refractivity contribution in [1.82, 2.24) is 15.1 Å². The number of aromatic nitrogens is 3. The Kier molecular flexibility index (Phi) is 7.28. The van der Waals surface area contributed by atoms with Crippen molar-refractivity contribution in [2.45, 2.75) is 19.3 Å². The number of unbranched alkanes of at least 4 members (excludes halogenated alkanes) is 1. The predicted octanol–water partition coefficient (Wildman–Crippen LogP) is 4.71. The number of nitrogens with zero attached hydrogens (tertiary/aromatic N) is 3. The predicted molar refractivity (Wildman–Crippen MR) is 144 cm³/mol. The van der Waals surface area contributed by atoms with Crippen LogP contribution in [0.5, 0.6) is 17.2 Å². The molecular weight excluding hydrogens is 508 g/mol. The number of anilines is 4. The van der Waals surface area contributed by atoms with E-state index in [4.69, 9.17) is 30.9 Å². The fraction of sp³-hybridized carbons (Fsp3) is 0.231. The van der Waals surface area contributed by atoms with Gasteiger partial charge in [-0.25, -0.2) is 4.98 Å². The summed E-state index contributed by atoms with van der Waals surface area (Å²) < 4.78 is 22.3. The average Bonchev–Trinajstić information content (AvgIpc) is 3.55. The molecule has 0 unspecified atom stereocenters. The molecule has 12 heteroatoms. The Labute approximate surface area is 222 Å². The first-order valence-electron chi connectivity index (χ1n) is 11.7. The largest absolute Gasteiger partial charge is 0.493 e. The van der Waals surface area contributed by atoms with Gasteiger partial charge < -0.3 is 35.1 Å². The highest BCUT2D eigenvalue weighted by Gasteiger charge is 2.21. The van der Waals surface area contributed by atoms with Crippen LogP contribution in [-0.4, -0.2) is 41.4 Å². The maximum absolute atomic E-state index is 12.1. The van der Waals surface area contributed by atoms with Crippen LogP contribution >= 0.6 is 11.3 Å². The Morgan fingerprint density at radius 1 is 1.21 bits per heavy atom. The minimum atomic E-state index is -0.112. The maximum atomic E-state index is 12.1. The molecule has 1 aliphatic heterocycles. The van der Waals surface area contributed by atoms with Crippen molar-refractivity contribution in [3.8, 4) is 51.7 Å². The molecule has 2 aromatic carbocycles. The zero-order valence-corrected chi connectivity index (χ0v) is 21.3. The fourth-order valence-electron chi connectivity index (χ4n) is 3.75. The lowest BCUT2D eigenvalue weighted by Crippen LogP contribution is -2.16. The molecule has 0 radical (unpaired) electrons. The van der Waals surface area contributed by atoms with E-state index in [1.807, 2.05) is 6.07 Å². The van der Waals surface area contributed by atoms with Crippen LogP contribution < -0.4 is 30.6 Å². The lowest BCUT2D eigenvalue weighted by molar-refractivity contribution is -0.116. The van der Waals surface area contributed by atoms with Gasteiger partial charge >= 0.3 is 0 Å². The first-order valence-corrected chi connectivity index (χ1v) is 12.5. The van der Waals surface area contributed by atoms with E-state index >= 15 is 0 Å². The van der Waals surface area contributed by atoms with Crippen LogP contribution in [0.3, 0.4) is 0 Å². The van der Waals surface area contributed by atoms with Gasteiger partial charge in [0, 0.05) is 41.9 Å². The number of amides is 1. The Balaban J connectivity index is 1.32. The third kappa shape index (κ3) is 5.47. The van der Waals surface area contributed by atoms with Gasteiger partial charge in [-0.2, -0.15) is 4.98 Å². The molecule has 38 heavy (non-hydrogen) atoms. The van der Waals surface area contributed by atoms with Gasteiger partial charge in [0.2, 0.25) is 17.5 Å². The number of thiazole rings is 1. The molecule has 194 valence electrons. The summed E-state index contributed by atoms with van der Waals surface area (Å²) in [6.45, 7) is 0.913. The maximum Gasteiger partial charge on any atom is 0.272 e. The molecule has 0 saturated heterocycles. The van der Waals surface area contributed by atoms with E-state index in [1.165, 1.54) is 11.3 Å². The highest BCUT2D eigenvalue weighted by Crippen LogP contribution is 2.43. The highest BCUT2D eigenvalue weighted by molar-refractivity contribution is 7.19. The number of hydrogen-bond donors (Lipinski definition) is 3. The van der Waals surface area contributed by atoms with Crippen LogP contribution in [-0.2, 0) is 4.79 Å². The molecule has 0 fully saturated rings. The van der Waals surface area contributed by atoms with E-state index in [0.717, 1.165) is 0 Å². The second-order valence-electron chi connectivity index (χ2n) is 8.17. The van der Waals surface area contributed by atoms with Gasteiger partial charge in [-0.1, -0.05) is 28.6 Å². The topological polar surface area (TPSA) is 147 Å². The average molecular weight is 533 g/mol. The molecule has 0 spiro atoms. The molecule has 0 saturated carbocycles. The number of carbonyl (C=O) groups excluding carboxylic acids is 1. The molecule has 11 nitrogen and oxygen atoms in total. The summed E-state index contributed by atoms with van der Waals surface area (Å²) in [6.07, 6.45) is 6.78. The molecule has 1 aliphatic rings. The zero-order chi connectivity index (χ0) is 26.5. The van der Waals surface area contributed by atoms with Crippen molar-refractivity contribution < 1.29 is 23.5 Å². The van der Waals surface area contributed by atoms with Gasteiger partial charge in [-0.15, -0.1) is 12.3 Å². The highest BCUT2D eigenvalue weighted by atomic mass is 32.1. The standard InChI is InChI=1S/C26H24N6O5S/c1-3-4-5-9-20(33)28-16-8-6-7-15(12-16)24-31-25(37-32-24)22-23(27)30-26(38-22)29-17-13-18(34-2)21-19(14-17)35-10-11-36-21/h1,6-8,12-14H,4-5,9-11,27H2,2H3,(H,28,33)(H,29,30). The monoisotopic (exact) mass is 532 g/mol. The van der Waals surface area contributed by atoms with Crippen molar-refractivity contribution >= 4 is 39.6 Å². The van der Waals surface area contributed by atoms with Crippen molar-refractivity contribution in [2.24, 2.45) is 0 Å². The third-order valence-corrected chi connectivity index (χ3v) is 6.46. The van der Waals surface area contributed by atoms with Crippen molar-refractivity contribution in [2.75, 3.05) is 36.7 Å². The Morgan fingerprint density at radius 2 is 2.08 bits per heavy atom. The van der Waals surface area contributed by atoms with Crippen molar-refractivity contribution in [1.29, 1.82) is 0 Å². The van der Waals surface area contributed by atoms with E-state index in [1.54, 1.807) is 37.4 Å². The normalized spacial score (nSPS) is 12.0. The number of hydrogen-bond acceptors (Lipinski definition) is 11. The number of carbonyl (C=O) groups is 1. The van der Waals surface area contributed by atoms with Crippen molar-refractivity contribution in [3.63, 3.8) is 0 Å². The van der Waals surface area contributed by atoms with Crippen molar-refractivity contribution in [3.05, 3.63) is 36.4 Å². The molecular formula is C26H24N6O5S. The quantitative estimate of drug-likeness (QED) is 0.205. The zero-order valence-electron chi connectivity index (χ0n) is 20.4. The van der Waals surface area contributed by atoms with Gasteiger partial charge in [-0.05, 0) is 18.6 Å². The Hall–Kier alpha value is -4.76. The minimum Gasteiger partial charge on any atom is -0.493 e. The van der Waals surface area contributed by atoms with Gasteiger partial charge in [0.05, 0.1) is 7.11 Å². The molecule has 1 amide bonds. The number of fused-ring (bicyclic) bond motifs is 1. The number of methoxy groups -OCH3 is 1. The molecule has 4 aromatic rings. The Bertz CT molecular complexity index is 1490. The second-order valence-corrected chi connectivity index (χ2v) is 9.17. The van der Waals surface area contributed by atoms with E-state index in [0.29, 0.717) is 82.5 Å². The molecule has 0 bridgehead atoms. The van der Waals surface area contributed by atoms with Gasteiger partial charge in [0.1, 0.15) is 23.9 Å². The SMILES string of the molecule is C#CCCCC(=O)Nc1cccc(-c2noc(-c3sc(Nc4cc(OC)c5c(c4)OCCO5)nc3N)n2)c1. The van der Waals surface area contributed by atoms with E-state index in [-0.39, 0.29) is 17.6 Å². The lowest BCUT2D eigenvalue weighted by atomic mass is 10.2. The fourth-order valence-corrected chi connectivity index (χ4v) is 4.58. The first kappa shape index (κ1) is 24.9. The van der Waals surface area contributed by atoms with E-state index in [9.17, 15) is 4.79 Å². The minimum absolute atomic E-state index is 0.112. The van der Waals surface area contributed by atoms with Gasteiger partial charge in [0.25, 0.3) is 5.89 Å². The van der Waals surface area contributed by atoms with Crippen LogP contribution in [0.2, 0.25) is 0 Å². The molecule has 5 rings (SSSR count). The van der Waals surface area contributed by atoms with Gasteiger partial charge in [-0.3, -0.25) is 4.79 Å². The van der Waals surface area contributed by atoms with Crippen LogP contribution in [0.25, 0.3) is 22.2 Å². The summed E-state index contributed by atoms with van der Waals surface area (Å²) >= 11 is 1.26. The van der Waals surface area contributed by atoms with Gasteiger partial charge in [0.15, 0.2) is 16.6 Å². The number of nitrogens with one attached hydrogen (secondary N) is 2. The van der Waals surface area contributed by atoms with Crippen LogP contribution in [0.15, 0.2) is 40.9 Å². The van der Waals surface area contributed by atoms with Crippen LogP contribution in [0, 0.1) is 12.3 Å². The lowest BCUT2D eigenvalue weighted by Gasteiger charge is -2.21. The Morgan fingerprint density at radius 3 is 2.92 bits per heavy atom. The molecule has 2 aromatic heterocycles.